The van der Waals surface area contributed by atoms with Gasteiger partial charge in [0.2, 0.25) is 0 Å². The Hall–Kier alpha value is -9.38. The maximum atomic E-state index is 5.23. The van der Waals surface area contributed by atoms with E-state index in [1.807, 2.05) is 12.4 Å². The van der Waals surface area contributed by atoms with Crippen LogP contribution >= 0.6 is 0 Å². The van der Waals surface area contributed by atoms with E-state index in [-0.39, 0.29) is 0 Å². The van der Waals surface area contributed by atoms with E-state index in [1.54, 1.807) is 0 Å². The van der Waals surface area contributed by atoms with Gasteiger partial charge in [0, 0.05) is 44.7 Å². The van der Waals surface area contributed by atoms with E-state index >= 15 is 0 Å². The third-order valence-corrected chi connectivity index (χ3v) is 15.2. The van der Waals surface area contributed by atoms with Crippen LogP contribution in [0.3, 0.4) is 0 Å². The minimum atomic E-state index is 0.997. The molecule has 16 rings (SSSR count). The lowest BCUT2D eigenvalue weighted by molar-refractivity contribution is 1.21. The monoisotopic (exact) mass is 886 g/mol. The third-order valence-electron chi connectivity index (χ3n) is 15.2. The van der Waals surface area contributed by atoms with E-state index in [0.717, 1.165) is 43.9 Å². The summed E-state index contributed by atoms with van der Waals surface area (Å²) >= 11 is 0. The Morgan fingerprint density at radius 3 is 0.971 bits per heavy atom. The number of pyridine rings is 2. The second-order valence-electron chi connectivity index (χ2n) is 18.7. The average molecular weight is 887 g/mol. The molecule has 4 heterocycles. The largest absolute Gasteiger partial charge is 0.306 e. The highest BCUT2D eigenvalue weighted by atomic mass is 15.0. The van der Waals surface area contributed by atoms with Gasteiger partial charge in [0.15, 0.2) is 0 Å². The molecule has 0 radical (unpaired) electrons. The van der Waals surface area contributed by atoms with Crippen LogP contribution in [0, 0.1) is 0 Å². The van der Waals surface area contributed by atoms with Crippen molar-refractivity contribution in [1.29, 1.82) is 0 Å². The van der Waals surface area contributed by atoms with Crippen molar-refractivity contribution in [3.05, 3.63) is 231 Å². The molecule has 12 aromatic carbocycles. The van der Waals surface area contributed by atoms with E-state index in [2.05, 4.69) is 228 Å². The van der Waals surface area contributed by atoms with Gasteiger partial charge in [-0.15, -0.1) is 0 Å². The first-order valence-electron chi connectivity index (χ1n) is 24.1. The molecule has 0 N–H and O–H groups in total. The van der Waals surface area contributed by atoms with E-state index in [1.165, 1.54) is 109 Å². The van der Waals surface area contributed by atoms with Crippen LogP contribution in [-0.4, -0.2) is 19.1 Å². The highest BCUT2D eigenvalue weighted by molar-refractivity contribution is 6.38. The zero-order valence-electron chi connectivity index (χ0n) is 37.7. The zero-order valence-corrected chi connectivity index (χ0v) is 37.7. The molecule has 0 fully saturated rings. The van der Waals surface area contributed by atoms with Crippen LogP contribution in [0.1, 0.15) is 0 Å². The molecule has 0 aliphatic rings. The number of hydrogen-bond donors (Lipinski definition) is 0. The van der Waals surface area contributed by atoms with Crippen LogP contribution in [0.4, 0.5) is 0 Å². The number of hydrogen-bond acceptors (Lipinski definition) is 2. The summed E-state index contributed by atoms with van der Waals surface area (Å²) in [5.41, 5.74) is 13.7. The summed E-state index contributed by atoms with van der Waals surface area (Å²) in [7, 11) is 0. The second-order valence-corrected chi connectivity index (χ2v) is 18.7. The zero-order chi connectivity index (χ0) is 45.6. The van der Waals surface area contributed by atoms with Crippen molar-refractivity contribution >= 4 is 119 Å². The first-order valence-corrected chi connectivity index (χ1v) is 24.1. The van der Waals surface area contributed by atoms with Crippen LogP contribution < -0.4 is 0 Å². The van der Waals surface area contributed by atoms with Crippen LogP contribution in [0.15, 0.2) is 231 Å². The predicted octanol–water partition coefficient (Wildman–Crippen LogP) is 17.5. The molecule has 4 aromatic heterocycles. The first kappa shape index (κ1) is 37.7. The number of benzene rings is 12. The normalized spacial score (nSPS) is 12.3. The summed E-state index contributed by atoms with van der Waals surface area (Å²) in [5, 5.41) is 19.3. The van der Waals surface area contributed by atoms with Crippen LogP contribution in [0.5, 0.6) is 0 Å². The lowest BCUT2D eigenvalue weighted by Crippen LogP contribution is -1.99. The lowest BCUT2D eigenvalue weighted by atomic mass is 9.89. The van der Waals surface area contributed by atoms with Gasteiger partial charge in [-0.1, -0.05) is 182 Å². The fourth-order valence-electron chi connectivity index (χ4n) is 12.6. The van der Waals surface area contributed by atoms with E-state index in [0.29, 0.717) is 0 Å². The van der Waals surface area contributed by atoms with Gasteiger partial charge in [0.05, 0.1) is 44.5 Å². The van der Waals surface area contributed by atoms with E-state index in [4.69, 9.17) is 9.97 Å². The van der Waals surface area contributed by atoms with Crippen molar-refractivity contribution in [2.24, 2.45) is 0 Å². The highest BCUT2D eigenvalue weighted by Gasteiger charge is 2.26. The molecular formula is C66H38N4. The molecule has 70 heavy (non-hydrogen) atoms. The molecule has 322 valence electrons. The van der Waals surface area contributed by atoms with Crippen molar-refractivity contribution in [2.45, 2.75) is 0 Å². The number of aromatic nitrogens is 4. The van der Waals surface area contributed by atoms with Crippen LogP contribution in [-0.2, 0) is 0 Å². The Labute approximate surface area is 400 Å². The van der Waals surface area contributed by atoms with Gasteiger partial charge < -0.3 is 9.13 Å². The summed E-state index contributed by atoms with van der Waals surface area (Å²) in [4.78, 5) is 10.5. The Kier molecular flexibility index (Phi) is 7.58. The van der Waals surface area contributed by atoms with E-state index < -0.39 is 0 Å². The smallest absolute Gasteiger partial charge is 0.0969 e. The molecule has 0 saturated carbocycles. The molecular weight excluding hydrogens is 849 g/mol. The maximum Gasteiger partial charge on any atom is 0.0969 e. The van der Waals surface area contributed by atoms with Crippen LogP contribution in [0.2, 0.25) is 0 Å². The Bertz CT molecular complexity index is 4450. The van der Waals surface area contributed by atoms with Crippen LogP contribution in [0.25, 0.3) is 153 Å². The minimum absolute atomic E-state index is 0.997. The van der Waals surface area contributed by atoms with Crippen molar-refractivity contribution in [3.63, 3.8) is 0 Å². The topological polar surface area (TPSA) is 35.6 Å². The molecule has 4 heteroatoms. The van der Waals surface area contributed by atoms with Crippen molar-refractivity contribution in [3.8, 4) is 33.6 Å². The van der Waals surface area contributed by atoms with E-state index in [9.17, 15) is 0 Å². The fraction of sp³-hybridized carbons (Fsp3) is 0. The predicted molar refractivity (Wildman–Crippen MR) is 295 cm³/mol. The molecule has 0 spiro atoms. The SMILES string of the molecule is c1ccc(-c2c3ccccc3c(-n3c4cccnc4c4c5ccc6cc7c(c8ccc(cc43)c5c68)c3ncccc3n7-c3c4ccccc4c(-c4ccccc4)c4ccccc34)c3ccccc23)cc1. The van der Waals surface area contributed by atoms with Gasteiger partial charge in [-0.05, 0) is 113 Å². The number of fused-ring (bicyclic) bond motifs is 12. The summed E-state index contributed by atoms with van der Waals surface area (Å²) in [6.45, 7) is 0. The maximum absolute atomic E-state index is 5.23. The van der Waals surface area contributed by atoms with Gasteiger partial charge in [0.25, 0.3) is 0 Å². The molecule has 0 unspecified atom stereocenters. The molecule has 0 amide bonds. The summed E-state index contributed by atoms with van der Waals surface area (Å²) in [5.74, 6) is 0. The van der Waals surface area contributed by atoms with Gasteiger partial charge >= 0.3 is 0 Å². The van der Waals surface area contributed by atoms with Gasteiger partial charge in [-0.2, -0.15) is 0 Å². The Morgan fingerprint density at radius 2 is 0.600 bits per heavy atom. The number of rotatable bonds is 4. The van der Waals surface area contributed by atoms with Gasteiger partial charge in [-0.3, -0.25) is 9.97 Å². The second kappa shape index (κ2) is 14.1. The molecule has 0 aliphatic heterocycles. The molecule has 0 atom stereocenters. The molecule has 4 nitrogen and oxygen atoms in total. The van der Waals surface area contributed by atoms with Crippen molar-refractivity contribution < 1.29 is 0 Å². The highest BCUT2D eigenvalue weighted by Crippen LogP contribution is 2.50. The Balaban J connectivity index is 1.02. The van der Waals surface area contributed by atoms with Gasteiger partial charge in [-0.25, -0.2) is 0 Å². The first-order chi connectivity index (χ1) is 34.8. The standard InChI is InChI=1S/C66H38N4/c1-3-17-39(18-4-1)57-43-21-7-11-25-47(43)65(48-26-12-8-22-44(48)57)69-53-29-15-35-67-63(53)61-51-33-32-42-38-56-62(52-34-31-41(37-55(61)69)59(51)60(42)52)64-54(30-16-36-68-64)70(56)66-49-27-13-9-23-45(49)58(40-19-5-2-6-20-40)46-24-10-14-28-50(46)66/h1-38H. The third kappa shape index (κ3) is 4.93. The molecule has 0 bridgehead atoms. The van der Waals surface area contributed by atoms with Gasteiger partial charge in [0.1, 0.15) is 0 Å². The van der Waals surface area contributed by atoms with Crippen molar-refractivity contribution in [2.75, 3.05) is 0 Å². The van der Waals surface area contributed by atoms with Crippen molar-refractivity contribution in [1.82, 2.24) is 19.1 Å². The number of nitrogens with zero attached hydrogens (tertiary/aromatic N) is 4. The average Bonchev–Trinajstić information content (AvgIpc) is 3.93. The summed E-state index contributed by atoms with van der Waals surface area (Å²) in [6, 6.07) is 80.2. The fourth-order valence-corrected chi connectivity index (χ4v) is 12.6. The lowest BCUT2D eigenvalue weighted by Gasteiger charge is -2.20. The Morgan fingerprint density at radius 1 is 0.257 bits per heavy atom. The molecule has 0 saturated heterocycles. The quantitative estimate of drug-likeness (QED) is 0.130. The molecule has 0 aliphatic carbocycles. The summed E-state index contributed by atoms with van der Waals surface area (Å²) in [6.07, 6.45) is 3.89. The molecule has 16 aromatic rings. The minimum Gasteiger partial charge on any atom is -0.306 e. The summed E-state index contributed by atoms with van der Waals surface area (Å²) < 4.78 is 5.00.